The molecule has 0 aromatic carbocycles. The molecule has 0 bridgehead atoms. The first-order chi connectivity index (χ1) is 7.01. The summed E-state index contributed by atoms with van der Waals surface area (Å²) >= 11 is 0. The third-order valence-corrected chi connectivity index (χ3v) is 2.02. The lowest BCUT2D eigenvalue weighted by atomic mass is 10.1. The maximum atomic E-state index is 11.4. The van der Waals surface area contributed by atoms with Gasteiger partial charge in [0.1, 0.15) is 0 Å². The minimum Gasteiger partial charge on any atom is -0.481 e. The molecule has 0 aromatic rings. The van der Waals surface area contributed by atoms with Crippen LogP contribution in [0.4, 0.5) is 4.79 Å². The molecule has 0 fully saturated rings. The van der Waals surface area contributed by atoms with Crippen molar-refractivity contribution in [3.05, 3.63) is 0 Å². The minimum atomic E-state index is -0.938. The highest BCUT2D eigenvalue weighted by atomic mass is 16.4. The van der Waals surface area contributed by atoms with Crippen LogP contribution in [0.2, 0.25) is 0 Å². The first kappa shape index (κ1) is 13.7. The van der Waals surface area contributed by atoms with Gasteiger partial charge in [0.15, 0.2) is 0 Å². The summed E-state index contributed by atoms with van der Waals surface area (Å²) in [5.41, 5.74) is 0. The number of carbonyl (C=O) groups excluding carboxylic acids is 1. The van der Waals surface area contributed by atoms with Gasteiger partial charge in [-0.25, -0.2) is 4.79 Å². The third kappa shape index (κ3) is 5.90. The van der Waals surface area contributed by atoms with Gasteiger partial charge in [-0.1, -0.05) is 6.92 Å². The molecule has 0 aromatic heterocycles. The van der Waals surface area contributed by atoms with Crippen LogP contribution in [0, 0.1) is 0 Å². The number of carbonyl (C=O) groups is 2. The minimum absolute atomic E-state index is 0.0881. The number of nitrogens with zero attached hydrogens (tertiary/aromatic N) is 1. The largest absolute Gasteiger partial charge is 0.481 e. The molecule has 0 aliphatic heterocycles. The molecule has 0 aliphatic carbocycles. The van der Waals surface area contributed by atoms with Gasteiger partial charge in [-0.05, 0) is 6.42 Å². The second-order valence-electron chi connectivity index (χ2n) is 3.30. The number of nitrogens with one attached hydrogen (secondary N) is 1. The lowest BCUT2D eigenvalue weighted by Crippen LogP contribution is -2.44. The van der Waals surface area contributed by atoms with Gasteiger partial charge in [-0.2, -0.15) is 0 Å². The van der Waals surface area contributed by atoms with Crippen LogP contribution in [0.25, 0.3) is 0 Å². The summed E-state index contributed by atoms with van der Waals surface area (Å²) in [6.07, 6.45) is 0.472. The molecular formula is C9H18N2O4. The molecule has 0 radical (unpaired) electrons. The van der Waals surface area contributed by atoms with E-state index in [1.54, 1.807) is 14.0 Å². The van der Waals surface area contributed by atoms with Crippen molar-refractivity contribution in [1.29, 1.82) is 0 Å². The Bertz CT molecular complexity index is 220. The van der Waals surface area contributed by atoms with Gasteiger partial charge in [0.25, 0.3) is 0 Å². The van der Waals surface area contributed by atoms with Gasteiger partial charge in [0.05, 0.1) is 13.0 Å². The fourth-order valence-corrected chi connectivity index (χ4v) is 1.04. The van der Waals surface area contributed by atoms with Crippen molar-refractivity contribution in [3.63, 3.8) is 0 Å². The number of rotatable bonds is 6. The zero-order valence-corrected chi connectivity index (χ0v) is 9.06. The monoisotopic (exact) mass is 218 g/mol. The molecule has 1 unspecified atom stereocenters. The van der Waals surface area contributed by atoms with Gasteiger partial charge in [-0.3, -0.25) is 4.79 Å². The Morgan fingerprint density at radius 3 is 2.47 bits per heavy atom. The zero-order valence-electron chi connectivity index (χ0n) is 9.06. The number of aliphatic carboxylic acids is 1. The lowest BCUT2D eigenvalue weighted by Gasteiger charge is -2.21. The molecule has 0 saturated heterocycles. The number of likely N-dealkylation sites (N-methyl/N-ethyl adjacent to an activating group) is 1. The van der Waals surface area contributed by atoms with Crippen molar-refractivity contribution in [2.24, 2.45) is 0 Å². The standard InChI is InChI=1S/C9H18N2O4/c1-3-7(6-8(13)14)10-9(15)11(2)4-5-12/h7,12H,3-6H2,1-2H3,(H,10,15)(H,13,14). The highest BCUT2D eigenvalue weighted by molar-refractivity contribution is 5.75. The Hall–Kier alpha value is -1.30. The average molecular weight is 218 g/mol. The van der Waals surface area contributed by atoms with Crippen LogP contribution >= 0.6 is 0 Å². The van der Waals surface area contributed by atoms with Crippen LogP contribution in [-0.2, 0) is 4.79 Å². The first-order valence-electron chi connectivity index (χ1n) is 4.85. The molecule has 0 saturated carbocycles. The first-order valence-corrected chi connectivity index (χ1v) is 4.85. The molecular weight excluding hydrogens is 200 g/mol. The van der Waals surface area contributed by atoms with E-state index in [4.69, 9.17) is 10.2 Å². The Morgan fingerprint density at radius 1 is 1.47 bits per heavy atom. The van der Waals surface area contributed by atoms with E-state index >= 15 is 0 Å². The molecule has 6 heteroatoms. The number of amides is 2. The van der Waals surface area contributed by atoms with Gasteiger partial charge >= 0.3 is 12.0 Å². The lowest BCUT2D eigenvalue weighted by molar-refractivity contribution is -0.137. The number of hydrogen-bond acceptors (Lipinski definition) is 3. The quantitative estimate of drug-likeness (QED) is 0.579. The van der Waals surface area contributed by atoms with Crippen LogP contribution in [0.1, 0.15) is 19.8 Å². The van der Waals surface area contributed by atoms with Crippen LogP contribution in [-0.4, -0.2) is 53.4 Å². The van der Waals surface area contributed by atoms with Crippen molar-refractivity contribution < 1.29 is 19.8 Å². The predicted molar refractivity (Wildman–Crippen MR) is 54.6 cm³/mol. The van der Waals surface area contributed by atoms with Crippen LogP contribution in [0.15, 0.2) is 0 Å². The van der Waals surface area contributed by atoms with Crippen molar-refractivity contribution in [2.45, 2.75) is 25.8 Å². The van der Waals surface area contributed by atoms with Crippen molar-refractivity contribution in [2.75, 3.05) is 20.2 Å². The average Bonchev–Trinajstić information content (AvgIpc) is 2.16. The van der Waals surface area contributed by atoms with Gasteiger partial charge in [-0.15, -0.1) is 0 Å². The van der Waals surface area contributed by atoms with E-state index in [0.717, 1.165) is 0 Å². The topological polar surface area (TPSA) is 89.9 Å². The third-order valence-electron chi connectivity index (χ3n) is 2.02. The Labute approximate surface area is 88.9 Å². The van der Waals surface area contributed by atoms with Gasteiger partial charge in [0.2, 0.25) is 0 Å². The van der Waals surface area contributed by atoms with Crippen LogP contribution < -0.4 is 5.32 Å². The van der Waals surface area contributed by atoms with E-state index in [2.05, 4.69) is 5.32 Å². The molecule has 0 heterocycles. The summed E-state index contributed by atoms with van der Waals surface area (Å²) in [5, 5.41) is 19.7. The van der Waals surface area contributed by atoms with Crippen LogP contribution in [0.5, 0.6) is 0 Å². The summed E-state index contributed by atoms with van der Waals surface area (Å²) in [4.78, 5) is 23.1. The van der Waals surface area contributed by atoms with Crippen LogP contribution in [0.3, 0.4) is 0 Å². The van der Waals surface area contributed by atoms with Crippen molar-refractivity contribution >= 4 is 12.0 Å². The number of carboxylic acid groups (broad SMARTS) is 1. The van der Waals surface area contributed by atoms with Gasteiger partial charge in [0, 0.05) is 19.6 Å². The van der Waals surface area contributed by atoms with E-state index in [1.807, 2.05) is 0 Å². The van der Waals surface area contributed by atoms with Gasteiger partial charge < -0.3 is 20.4 Å². The summed E-state index contributed by atoms with van der Waals surface area (Å²) in [6.45, 7) is 1.93. The number of urea groups is 1. The Kier molecular flexibility index (Phi) is 6.44. The molecule has 15 heavy (non-hydrogen) atoms. The van der Waals surface area contributed by atoms with Crippen molar-refractivity contribution in [1.82, 2.24) is 10.2 Å². The molecule has 2 amide bonds. The zero-order chi connectivity index (χ0) is 11.8. The number of hydrogen-bond donors (Lipinski definition) is 3. The maximum Gasteiger partial charge on any atom is 0.317 e. The highest BCUT2D eigenvalue weighted by Gasteiger charge is 2.15. The summed E-state index contributed by atoms with van der Waals surface area (Å²) in [7, 11) is 1.54. The normalized spacial score (nSPS) is 11.9. The Balaban J connectivity index is 4.05. The SMILES string of the molecule is CCC(CC(=O)O)NC(=O)N(C)CCO. The molecule has 6 nitrogen and oxygen atoms in total. The summed E-state index contributed by atoms with van der Waals surface area (Å²) in [6, 6.07) is -0.728. The van der Waals surface area contributed by atoms with E-state index in [-0.39, 0.29) is 31.6 Å². The highest BCUT2D eigenvalue weighted by Crippen LogP contribution is 1.98. The van der Waals surface area contributed by atoms with E-state index in [0.29, 0.717) is 6.42 Å². The number of aliphatic hydroxyl groups is 1. The van der Waals surface area contributed by atoms with E-state index < -0.39 is 5.97 Å². The number of aliphatic hydroxyl groups excluding tert-OH is 1. The second kappa shape index (κ2) is 7.05. The van der Waals surface area contributed by atoms with Crippen molar-refractivity contribution in [3.8, 4) is 0 Å². The molecule has 1 atom stereocenters. The molecule has 3 N–H and O–H groups in total. The predicted octanol–water partition coefficient (Wildman–Crippen LogP) is -0.127. The smallest absolute Gasteiger partial charge is 0.317 e. The fraction of sp³-hybridized carbons (Fsp3) is 0.778. The molecule has 88 valence electrons. The van der Waals surface area contributed by atoms with E-state index in [9.17, 15) is 9.59 Å². The second-order valence-corrected chi connectivity index (χ2v) is 3.30. The Morgan fingerprint density at radius 2 is 2.07 bits per heavy atom. The fourth-order valence-electron chi connectivity index (χ4n) is 1.04. The summed E-state index contributed by atoms with van der Waals surface area (Å²) < 4.78 is 0. The molecule has 0 aliphatic rings. The molecule has 0 spiro atoms. The summed E-state index contributed by atoms with van der Waals surface area (Å²) in [5.74, 6) is -0.938. The molecule has 0 rings (SSSR count). The number of carboxylic acids is 1. The van der Waals surface area contributed by atoms with E-state index in [1.165, 1.54) is 4.90 Å². The maximum absolute atomic E-state index is 11.4.